The summed E-state index contributed by atoms with van der Waals surface area (Å²) in [4.78, 5) is 12.1. The van der Waals surface area contributed by atoms with Crippen LogP contribution in [-0.2, 0) is 4.79 Å². The molecule has 0 radical (unpaired) electrons. The van der Waals surface area contributed by atoms with Gasteiger partial charge in [-0.1, -0.05) is 19.1 Å². The van der Waals surface area contributed by atoms with Crippen molar-refractivity contribution in [1.82, 2.24) is 5.32 Å². The third-order valence-electron chi connectivity index (χ3n) is 3.45. The predicted octanol–water partition coefficient (Wildman–Crippen LogP) is 3.95. The van der Waals surface area contributed by atoms with Gasteiger partial charge in [0, 0.05) is 3.57 Å². The summed E-state index contributed by atoms with van der Waals surface area (Å²) in [5.74, 6) is 1.36. The number of carbonyl (C=O) groups excluding carboxylic acids is 1. The van der Waals surface area contributed by atoms with Crippen molar-refractivity contribution in [3.63, 3.8) is 0 Å². The fourth-order valence-corrected chi connectivity index (χ4v) is 2.53. The molecule has 0 unspecified atom stereocenters. The molecule has 0 aliphatic rings. The van der Waals surface area contributed by atoms with Crippen LogP contribution in [0.4, 0.5) is 0 Å². The van der Waals surface area contributed by atoms with Crippen molar-refractivity contribution >= 4 is 28.5 Å². The molecule has 0 spiro atoms. The summed E-state index contributed by atoms with van der Waals surface area (Å²) in [6, 6.07) is 15.3. The lowest BCUT2D eigenvalue weighted by molar-refractivity contribution is -0.123. The number of carbonyl (C=O) groups is 1. The van der Waals surface area contributed by atoms with Gasteiger partial charge in [-0.15, -0.1) is 0 Å². The first-order valence-corrected chi connectivity index (χ1v) is 8.52. The molecular formula is C18H20INO3. The van der Waals surface area contributed by atoms with Crippen LogP contribution in [-0.4, -0.2) is 19.6 Å². The number of hydrogen-bond acceptors (Lipinski definition) is 3. The van der Waals surface area contributed by atoms with E-state index in [9.17, 15) is 4.79 Å². The first-order valence-electron chi connectivity index (χ1n) is 7.44. The normalized spacial score (nSPS) is 11.6. The Bertz CT molecular complexity index is 626. The number of ether oxygens (including phenoxy) is 2. The SMILES string of the molecule is CC[C@@H](NC(=O)COc1ccc(I)cc1)c1ccc(OC)cc1. The Kier molecular flexibility index (Phi) is 6.70. The smallest absolute Gasteiger partial charge is 0.258 e. The average molecular weight is 425 g/mol. The average Bonchev–Trinajstić information content (AvgIpc) is 2.59. The van der Waals surface area contributed by atoms with E-state index in [0.717, 1.165) is 21.3 Å². The maximum absolute atomic E-state index is 12.1. The molecule has 0 aromatic heterocycles. The zero-order valence-corrected chi connectivity index (χ0v) is 15.4. The highest BCUT2D eigenvalue weighted by Crippen LogP contribution is 2.20. The predicted molar refractivity (Wildman–Crippen MR) is 98.8 cm³/mol. The number of halogens is 1. The van der Waals surface area contributed by atoms with Crippen molar-refractivity contribution in [1.29, 1.82) is 0 Å². The lowest BCUT2D eigenvalue weighted by atomic mass is 10.0. The number of hydrogen-bond donors (Lipinski definition) is 1. The first-order chi connectivity index (χ1) is 11.1. The number of amides is 1. The molecule has 4 nitrogen and oxygen atoms in total. The van der Waals surface area contributed by atoms with Gasteiger partial charge in [0.1, 0.15) is 11.5 Å². The number of methoxy groups -OCH3 is 1. The van der Waals surface area contributed by atoms with E-state index in [1.807, 2.05) is 55.5 Å². The molecule has 122 valence electrons. The Hall–Kier alpha value is -1.76. The number of rotatable bonds is 7. The van der Waals surface area contributed by atoms with Crippen LogP contribution < -0.4 is 14.8 Å². The molecule has 5 heteroatoms. The van der Waals surface area contributed by atoms with E-state index in [4.69, 9.17) is 9.47 Å². The zero-order chi connectivity index (χ0) is 16.7. The molecule has 0 bridgehead atoms. The second-order valence-electron chi connectivity index (χ2n) is 5.04. The molecule has 0 saturated heterocycles. The minimum Gasteiger partial charge on any atom is -0.497 e. The molecule has 1 N–H and O–H groups in total. The Morgan fingerprint density at radius 3 is 2.26 bits per heavy atom. The molecule has 0 heterocycles. The third kappa shape index (κ3) is 5.42. The molecule has 2 aromatic rings. The monoisotopic (exact) mass is 425 g/mol. The molecule has 2 rings (SSSR count). The van der Waals surface area contributed by atoms with Gasteiger partial charge in [-0.05, 0) is 71.0 Å². The Labute approximate surface area is 150 Å². The van der Waals surface area contributed by atoms with Crippen LogP contribution in [0.25, 0.3) is 0 Å². The van der Waals surface area contributed by atoms with Crippen LogP contribution in [0, 0.1) is 3.57 Å². The van der Waals surface area contributed by atoms with E-state index < -0.39 is 0 Å². The summed E-state index contributed by atoms with van der Waals surface area (Å²) in [6.45, 7) is 2.04. The van der Waals surface area contributed by atoms with Crippen LogP contribution in [0.3, 0.4) is 0 Å². The third-order valence-corrected chi connectivity index (χ3v) is 4.16. The second kappa shape index (κ2) is 8.76. The van der Waals surface area contributed by atoms with Gasteiger partial charge in [0.25, 0.3) is 5.91 Å². The standard InChI is InChI=1S/C18H20INO3/c1-3-17(13-4-8-15(22-2)9-5-13)20-18(21)12-23-16-10-6-14(19)7-11-16/h4-11,17H,3,12H2,1-2H3,(H,20,21)/t17-/m1/s1. The van der Waals surface area contributed by atoms with Crippen molar-refractivity contribution < 1.29 is 14.3 Å². The summed E-state index contributed by atoms with van der Waals surface area (Å²) >= 11 is 2.23. The molecule has 0 fully saturated rings. The Balaban J connectivity index is 1.89. The summed E-state index contributed by atoms with van der Waals surface area (Å²) in [5.41, 5.74) is 1.05. The molecule has 23 heavy (non-hydrogen) atoms. The van der Waals surface area contributed by atoms with Gasteiger partial charge in [0.15, 0.2) is 6.61 Å². The van der Waals surface area contributed by atoms with Crippen LogP contribution in [0.2, 0.25) is 0 Å². The molecule has 1 amide bonds. The van der Waals surface area contributed by atoms with Gasteiger partial charge in [-0.25, -0.2) is 0 Å². The topological polar surface area (TPSA) is 47.6 Å². The largest absolute Gasteiger partial charge is 0.497 e. The van der Waals surface area contributed by atoms with Crippen molar-refractivity contribution in [2.75, 3.05) is 13.7 Å². The fraction of sp³-hybridized carbons (Fsp3) is 0.278. The molecule has 0 aliphatic heterocycles. The van der Waals surface area contributed by atoms with Crippen LogP contribution in [0.15, 0.2) is 48.5 Å². The van der Waals surface area contributed by atoms with Crippen molar-refractivity contribution in [2.45, 2.75) is 19.4 Å². The first kappa shape index (κ1) is 17.6. The summed E-state index contributed by atoms with van der Waals surface area (Å²) in [7, 11) is 1.63. The van der Waals surface area contributed by atoms with Crippen molar-refractivity contribution in [2.24, 2.45) is 0 Å². The van der Waals surface area contributed by atoms with Gasteiger partial charge >= 0.3 is 0 Å². The van der Waals surface area contributed by atoms with E-state index in [1.165, 1.54) is 0 Å². The van der Waals surface area contributed by atoms with E-state index in [0.29, 0.717) is 5.75 Å². The van der Waals surface area contributed by atoms with Gasteiger partial charge < -0.3 is 14.8 Å². The summed E-state index contributed by atoms with van der Waals surface area (Å²) in [5, 5.41) is 3.00. The maximum atomic E-state index is 12.1. The maximum Gasteiger partial charge on any atom is 0.258 e. The zero-order valence-electron chi connectivity index (χ0n) is 13.2. The van der Waals surface area contributed by atoms with Gasteiger partial charge in [-0.3, -0.25) is 4.79 Å². The van der Waals surface area contributed by atoms with Gasteiger partial charge in [0.05, 0.1) is 13.2 Å². The van der Waals surface area contributed by atoms with E-state index in [2.05, 4.69) is 27.9 Å². The minimum absolute atomic E-state index is 0.00719. The lowest BCUT2D eigenvalue weighted by Crippen LogP contribution is -2.32. The Morgan fingerprint density at radius 1 is 1.09 bits per heavy atom. The molecular weight excluding hydrogens is 405 g/mol. The van der Waals surface area contributed by atoms with Gasteiger partial charge in [-0.2, -0.15) is 0 Å². The highest BCUT2D eigenvalue weighted by Gasteiger charge is 2.13. The summed E-state index contributed by atoms with van der Waals surface area (Å²) < 4.78 is 11.8. The highest BCUT2D eigenvalue weighted by atomic mass is 127. The van der Waals surface area contributed by atoms with E-state index >= 15 is 0 Å². The van der Waals surface area contributed by atoms with Crippen molar-refractivity contribution in [3.05, 3.63) is 57.7 Å². The molecule has 2 aromatic carbocycles. The quantitative estimate of drug-likeness (QED) is 0.684. The lowest BCUT2D eigenvalue weighted by Gasteiger charge is -2.18. The molecule has 1 atom stereocenters. The number of benzene rings is 2. The Morgan fingerprint density at radius 2 is 1.70 bits per heavy atom. The van der Waals surface area contributed by atoms with E-state index in [-0.39, 0.29) is 18.6 Å². The number of nitrogens with one attached hydrogen (secondary N) is 1. The van der Waals surface area contributed by atoms with Crippen molar-refractivity contribution in [3.8, 4) is 11.5 Å². The highest BCUT2D eigenvalue weighted by molar-refractivity contribution is 14.1. The fourth-order valence-electron chi connectivity index (χ4n) is 2.17. The second-order valence-corrected chi connectivity index (χ2v) is 6.29. The van der Waals surface area contributed by atoms with Crippen LogP contribution in [0.1, 0.15) is 24.9 Å². The van der Waals surface area contributed by atoms with Crippen LogP contribution >= 0.6 is 22.6 Å². The molecule has 0 aliphatic carbocycles. The van der Waals surface area contributed by atoms with E-state index in [1.54, 1.807) is 7.11 Å². The molecule has 0 saturated carbocycles. The van der Waals surface area contributed by atoms with Gasteiger partial charge in [0.2, 0.25) is 0 Å². The van der Waals surface area contributed by atoms with Crippen LogP contribution in [0.5, 0.6) is 11.5 Å². The minimum atomic E-state index is -0.133. The summed E-state index contributed by atoms with van der Waals surface area (Å²) in [6.07, 6.45) is 0.807.